The molecule has 2 rings (SSSR count). The van der Waals surface area contributed by atoms with Gasteiger partial charge in [0.1, 0.15) is 5.15 Å². The third kappa shape index (κ3) is 1.54. The number of hydrogen-bond donors (Lipinski definition) is 0. The first-order valence-electron chi connectivity index (χ1n) is 3.90. The summed E-state index contributed by atoms with van der Waals surface area (Å²) in [6.07, 6.45) is 4.05. The van der Waals surface area contributed by atoms with Crippen LogP contribution in [0.1, 0.15) is 5.56 Å². The van der Waals surface area contributed by atoms with Crippen LogP contribution in [0.15, 0.2) is 23.5 Å². The fourth-order valence-corrected chi connectivity index (χ4v) is 2.13. The molecule has 0 unspecified atom stereocenters. The molecule has 0 spiro atoms. The van der Waals surface area contributed by atoms with E-state index in [1.807, 2.05) is 16.7 Å². The van der Waals surface area contributed by atoms with E-state index < -0.39 is 0 Å². The van der Waals surface area contributed by atoms with E-state index in [1.165, 1.54) is 5.56 Å². The van der Waals surface area contributed by atoms with Gasteiger partial charge < -0.3 is 0 Å². The average Bonchev–Trinajstić information content (AvgIpc) is 2.43. The van der Waals surface area contributed by atoms with E-state index in [0.29, 0.717) is 5.15 Å². The molecule has 2 nitrogen and oxygen atoms in total. The lowest BCUT2D eigenvalue weighted by Crippen LogP contribution is -1.91. The molecule has 68 valence electrons. The maximum atomic E-state index is 5.87. The van der Waals surface area contributed by atoms with Gasteiger partial charge >= 0.3 is 0 Å². The lowest BCUT2D eigenvalue weighted by atomic mass is 10.4. The van der Waals surface area contributed by atoms with E-state index in [9.17, 15) is 0 Å². The van der Waals surface area contributed by atoms with E-state index in [1.54, 1.807) is 11.8 Å². The van der Waals surface area contributed by atoms with Crippen LogP contribution in [0.25, 0.3) is 5.52 Å². The van der Waals surface area contributed by atoms with Crippen molar-refractivity contribution in [2.45, 2.75) is 12.1 Å². The summed E-state index contributed by atoms with van der Waals surface area (Å²) in [5.41, 5.74) is 2.32. The average molecular weight is 213 g/mol. The number of thioether (sulfide) groups is 1. The summed E-state index contributed by atoms with van der Waals surface area (Å²) in [5.74, 6) is 0. The van der Waals surface area contributed by atoms with Gasteiger partial charge in [0.05, 0.1) is 5.52 Å². The minimum atomic E-state index is 0.551. The van der Waals surface area contributed by atoms with Gasteiger partial charge in [-0.05, 0) is 30.9 Å². The Kier molecular flexibility index (Phi) is 2.22. The van der Waals surface area contributed by atoms with Crippen molar-refractivity contribution >= 4 is 28.9 Å². The molecule has 0 fully saturated rings. The molecule has 2 aromatic rings. The molecule has 0 aliphatic carbocycles. The van der Waals surface area contributed by atoms with Crippen molar-refractivity contribution in [1.29, 1.82) is 0 Å². The zero-order valence-electron chi connectivity index (χ0n) is 7.41. The standard InChI is InChI=1S/C9H9ClN2S/c1-6-3-7-4-8(10)11-9(13-2)12(7)5-6/h3-5H,1-2H3. The molecule has 0 aromatic carbocycles. The van der Waals surface area contributed by atoms with Crippen molar-refractivity contribution in [3.8, 4) is 0 Å². The quantitative estimate of drug-likeness (QED) is 0.411. The first kappa shape index (κ1) is 8.91. The predicted octanol–water partition coefficient (Wildman–Crippen LogP) is 3.02. The Hall–Kier alpha value is -0.670. The highest BCUT2D eigenvalue weighted by Gasteiger charge is 2.03. The van der Waals surface area contributed by atoms with Gasteiger partial charge in [0.2, 0.25) is 0 Å². The molecule has 0 aliphatic rings. The summed E-state index contributed by atoms with van der Waals surface area (Å²) < 4.78 is 2.05. The molecule has 0 N–H and O–H groups in total. The van der Waals surface area contributed by atoms with Crippen molar-refractivity contribution in [2.75, 3.05) is 6.26 Å². The van der Waals surface area contributed by atoms with E-state index >= 15 is 0 Å². The fraction of sp³-hybridized carbons (Fsp3) is 0.222. The number of aryl methyl sites for hydroxylation is 1. The Bertz CT molecular complexity index is 450. The molecule has 4 heteroatoms. The largest absolute Gasteiger partial charge is 0.296 e. The van der Waals surface area contributed by atoms with Crippen LogP contribution in [0, 0.1) is 6.92 Å². The summed E-state index contributed by atoms with van der Waals surface area (Å²) in [5, 5.41) is 1.48. The molecule has 0 saturated heterocycles. The summed E-state index contributed by atoms with van der Waals surface area (Å²) in [7, 11) is 0. The van der Waals surface area contributed by atoms with Crippen LogP contribution >= 0.6 is 23.4 Å². The highest BCUT2D eigenvalue weighted by atomic mass is 35.5. The first-order valence-corrected chi connectivity index (χ1v) is 5.50. The molecule has 2 aromatic heterocycles. The molecule has 2 heterocycles. The van der Waals surface area contributed by atoms with Gasteiger partial charge in [-0.2, -0.15) is 0 Å². The zero-order chi connectivity index (χ0) is 9.42. The number of hydrogen-bond acceptors (Lipinski definition) is 2. The van der Waals surface area contributed by atoms with E-state index in [0.717, 1.165) is 10.7 Å². The third-order valence-corrected chi connectivity index (χ3v) is 2.69. The van der Waals surface area contributed by atoms with Crippen LogP contribution < -0.4 is 0 Å². The van der Waals surface area contributed by atoms with Crippen LogP contribution in [0.4, 0.5) is 0 Å². The van der Waals surface area contributed by atoms with Gasteiger partial charge in [0.25, 0.3) is 0 Å². The summed E-state index contributed by atoms with van der Waals surface area (Å²) in [6, 6.07) is 3.96. The molecular weight excluding hydrogens is 204 g/mol. The topological polar surface area (TPSA) is 17.3 Å². The number of fused-ring (bicyclic) bond motifs is 1. The molecule has 0 bridgehead atoms. The van der Waals surface area contributed by atoms with Gasteiger partial charge in [0.15, 0.2) is 5.16 Å². The van der Waals surface area contributed by atoms with Gasteiger partial charge in [-0.3, -0.25) is 4.40 Å². The number of aromatic nitrogens is 2. The second kappa shape index (κ2) is 3.24. The number of nitrogens with zero attached hydrogens (tertiary/aromatic N) is 2. The molecule has 0 radical (unpaired) electrons. The molecule has 0 saturated carbocycles. The van der Waals surface area contributed by atoms with E-state index in [2.05, 4.69) is 24.2 Å². The Morgan fingerprint density at radius 1 is 1.46 bits per heavy atom. The minimum absolute atomic E-state index is 0.551. The van der Waals surface area contributed by atoms with Gasteiger partial charge in [0, 0.05) is 6.20 Å². The van der Waals surface area contributed by atoms with Crippen LogP contribution in [0.5, 0.6) is 0 Å². The number of rotatable bonds is 1. The lowest BCUT2D eigenvalue weighted by Gasteiger charge is -2.01. The summed E-state index contributed by atoms with van der Waals surface area (Å²) >= 11 is 7.47. The Balaban J connectivity index is 2.80. The monoisotopic (exact) mass is 212 g/mol. The second-order valence-corrected chi connectivity index (χ2v) is 4.04. The molecular formula is C9H9ClN2S. The van der Waals surface area contributed by atoms with Crippen molar-refractivity contribution in [3.05, 3.63) is 29.0 Å². The highest BCUT2D eigenvalue weighted by molar-refractivity contribution is 7.98. The van der Waals surface area contributed by atoms with Crippen LogP contribution in [0.3, 0.4) is 0 Å². The van der Waals surface area contributed by atoms with Gasteiger partial charge in [-0.25, -0.2) is 4.98 Å². The Morgan fingerprint density at radius 3 is 2.92 bits per heavy atom. The van der Waals surface area contributed by atoms with Crippen LogP contribution in [0.2, 0.25) is 5.15 Å². The van der Waals surface area contributed by atoms with Crippen molar-refractivity contribution in [2.24, 2.45) is 0 Å². The molecule has 0 amide bonds. The maximum absolute atomic E-state index is 5.87. The first-order chi connectivity index (χ1) is 6.20. The predicted molar refractivity (Wildman–Crippen MR) is 56.7 cm³/mol. The lowest BCUT2D eigenvalue weighted by molar-refractivity contribution is 0.908. The van der Waals surface area contributed by atoms with Crippen molar-refractivity contribution in [3.63, 3.8) is 0 Å². The Labute approximate surface area is 85.9 Å². The number of halogens is 1. The maximum Gasteiger partial charge on any atom is 0.173 e. The zero-order valence-corrected chi connectivity index (χ0v) is 8.99. The molecule has 13 heavy (non-hydrogen) atoms. The molecule has 0 aliphatic heterocycles. The van der Waals surface area contributed by atoms with Crippen molar-refractivity contribution in [1.82, 2.24) is 9.38 Å². The van der Waals surface area contributed by atoms with E-state index in [4.69, 9.17) is 11.6 Å². The molecule has 0 atom stereocenters. The normalized spacial score (nSPS) is 11.0. The summed E-state index contributed by atoms with van der Waals surface area (Å²) in [6.45, 7) is 2.06. The third-order valence-electron chi connectivity index (χ3n) is 1.84. The van der Waals surface area contributed by atoms with E-state index in [-0.39, 0.29) is 0 Å². The van der Waals surface area contributed by atoms with Crippen molar-refractivity contribution < 1.29 is 0 Å². The SMILES string of the molecule is CSc1nc(Cl)cc2cc(C)cn12. The fourth-order valence-electron chi connectivity index (χ4n) is 1.34. The second-order valence-electron chi connectivity index (χ2n) is 2.88. The van der Waals surface area contributed by atoms with Gasteiger partial charge in [-0.1, -0.05) is 23.4 Å². The highest BCUT2D eigenvalue weighted by Crippen LogP contribution is 2.20. The summed E-state index contributed by atoms with van der Waals surface area (Å²) in [4.78, 5) is 4.22. The Morgan fingerprint density at radius 2 is 2.23 bits per heavy atom. The smallest absolute Gasteiger partial charge is 0.173 e. The van der Waals surface area contributed by atoms with Gasteiger partial charge in [-0.15, -0.1) is 0 Å². The van der Waals surface area contributed by atoms with Crippen LogP contribution in [-0.4, -0.2) is 15.6 Å². The minimum Gasteiger partial charge on any atom is -0.296 e. The van der Waals surface area contributed by atoms with Crippen LogP contribution in [-0.2, 0) is 0 Å².